The molecule has 3 nitrogen and oxygen atoms in total. The molecule has 94 valence electrons. The maximum Gasteiger partial charge on any atom is 0.180 e. The number of aromatic nitrogens is 2. The van der Waals surface area contributed by atoms with Gasteiger partial charge in [-0.2, -0.15) is 0 Å². The zero-order valence-corrected chi connectivity index (χ0v) is 11.1. The Balaban J connectivity index is 1.78. The third-order valence-electron chi connectivity index (χ3n) is 3.40. The standard InChI is InChI=1S/C14H16N2OS/c17-11(9-14-15-6-7-16-14)13-8-10-4-2-1-3-5-12(10)18-13/h6-8H,1-5,9H2,(H,15,16). The summed E-state index contributed by atoms with van der Waals surface area (Å²) in [6.07, 6.45) is 9.95. The summed E-state index contributed by atoms with van der Waals surface area (Å²) in [7, 11) is 0. The zero-order valence-electron chi connectivity index (χ0n) is 10.2. The van der Waals surface area contributed by atoms with Crippen molar-refractivity contribution in [3.8, 4) is 0 Å². The maximum atomic E-state index is 12.2. The first-order valence-electron chi connectivity index (χ1n) is 6.46. The maximum absolute atomic E-state index is 12.2. The predicted octanol–water partition coefficient (Wildman–Crippen LogP) is 3.17. The van der Waals surface area contributed by atoms with Crippen LogP contribution in [-0.4, -0.2) is 15.8 Å². The molecule has 0 radical (unpaired) electrons. The molecule has 0 unspecified atom stereocenters. The Bertz CT molecular complexity index is 519. The number of aromatic amines is 1. The van der Waals surface area contributed by atoms with Crippen molar-refractivity contribution in [2.24, 2.45) is 0 Å². The van der Waals surface area contributed by atoms with E-state index in [0.29, 0.717) is 6.42 Å². The third-order valence-corrected chi connectivity index (χ3v) is 4.68. The fourth-order valence-corrected chi connectivity index (χ4v) is 3.63. The molecule has 18 heavy (non-hydrogen) atoms. The van der Waals surface area contributed by atoms with Gasteiger partial charge in [0.1, 0.15) is 5.82 Å². The number of Topliss-reactive ketones (excluding diaryl/α,β-unsaturated/α-hetero) is 1. The summed E-state index contributed by atoms with van der Waals surface area (Å²) >= 11 is 1.69. The summed E-state index contributed by atoms with van der Waals surface area (Å²) in [4.78, 5) is 21.6. The molecule has 3 rings (SSSR count). The van der Waals surface area contributed by atoms with Crippen LogP contribution < -0.4 is 0 Å². The Morgan fingerprint density at radius 2 is 2.22 bits per heavy atom. The molecule has 2 heterocycles. The van der Waals surface area contributed by atoms with E-state index in [4.69, 9.17) is 0 Å². The molecule has 1 aliphatic rings. The van der Waals surface area contributed by atoms with E-state index in [9.17, 15) is 4.79 Å². The van der Waals surface area contributed by atoms with Crippen molar-refractivity contribution in [3.05, 3.63) is 39.6 Å². The molecule has 0 amide bonds. The predicted molar refractivity (Wildman–Crippen MR) is 72.2 cm³/mol. The molecule has 4 heteroatoms. The number of carbonyl (C=O) groups excluding carboxylic acids is 1. The van der Waals surface area contributed by atoms with Crippen LogP contribution in [0.1, 0.15) is 45.2 Å². The average Bonchev–Trinajstić information content (AvgIpc) is 2.95. The second-order valence-electron chi connectivity index (χ2n) is 4.76. The van der Waals surface area contributed by atoms with E-state index in [1.165, 1.54) is 29.7 Å². The Morgan fingerprint density at radius 3 is 3.06 bits per heavy atom. The van der Waals surface area contributed by atoms with Crippen LogP contribution >= 0.6 is 11.3 Å². The van der Waals surface area contributed by atoms with Crippen LogP contribution in [-0.2, 0) is 19.3 Å². The molecule has 0 spiro atoms. The van der Waals surface area contributed by atoms with E-state index in [1.54, 1.807) is 23.7 Å². The van der Waals surface area contributed by atoms with Gasteiger partial charge in [0, 0.05) is 17.3 Å². The van der Waals surface area contributed by atoms with Crippen molar-refractivity contribution in [1.82, 2.24) is 9.97 Å². The van der Waals surface area contributed by atoms with E-state index in [0.717, 1.165) is 23.5 Å². The summed E-state index contributed by atoms with van der Waals surface area (Å²) in [6, 6.07) is 2.11. The van der Waals surface area contributed by atoms with Gasteiger partial charge >= 0.3 is 0 Å². The van der Waals surface area contributed by atoms with Crippen LogP contribution in [0.25, 0.3) is 0 Å². The molecule has 0 aromatic carbocycles. The van der Waals surface area contributed by atoms with Crippen molar-refractivity contribution in [2.45, 2.75) is 38.5 Å². The van der Waals surface area contributed by atoms with Gasteiger partial charge in [-0.1, -0.05) is 6.42 Å². The van der Waals surface area contributed by atoms with Crippen molar-refractivity contribution in [3.63, 3.8) is 0 Å². The summed E-state index contributed by atoms with van der Waals surface area (Å²) in [5.74, 6) is 0.937. The van der Waals surface area contributed by atoms with E-state index >= 15 is 0 Å². The van der Waals surface area contributed by atoms with Gasteiger partial charge in [0.15, 0.2) is 5.78 Å². The highest BCUT2D eigenvalue weighted by molar-refractivity contribution is 7.14. The number of carbonyl (C=O) groups is 1. The SMILES string of the molecule is O=C(Cc1ncc[nH]1)c1cc2c(s1)CCCCC2. The lowest BCUT2D eigenvalue weighted by atomic mass is 10.1. The second kappa shape index (κ2) is 5.06. The Hall–Kier alpha value is -1.42. The summed E-state index contributed by atoms with van der Waals surface area (Å²) in [5, 5.41) is 0. The van der Waals surface area contributed by atoms with Crippen molar-refractivity contribution >= 4 is 17.1 Å². The molecule has 0 saturated carbocycles. The number of imidazole rings is 1. The normalized spacial score (nSPS) is 15.1. The van der Waals surface area contributed by atoms with Gasteiger partial charge in [0.25, 0.3) is 0 Å². The van der Waals surface area contributed by atoms with Crippen LogP contribution in [0.2, 0.25) is 0 Å². The highest BCUT2D eigenvalue weighted by Gasteiger charge is 2.17. The first-order chi connectivity index (χ1) is 8.83. The van der Waals surface area contributed by atoms with E-state index in [2.05, 4.69) is 16.0 Å². The van der Waals surface area contributed by atoms with Gasteiger partial charge in [0.2, 0.25) is 0 Å². The number of thiophene rings is 1. The van der Waals surface area contributed by atoms with Crippen LogP contribution in [0.3, 0.4) is 0 Å². The number of ketones is 1. The van der Waals surface area contributed by atoms with Gasteiger partial charge in [0.05, 0.1) is 11.3 Å². The minimum absolute atomic E-state index is 0.183. The molecule has 0 fully saturated rings. The minimum Gasteiger partial charge on any atom is -0.348 e. The first kappa shape index (κ1) is 11.7. The van der Waals surface area contributed by atoms with Gasteiger partial charge < -0.3 is 4.98 Å². The molecular formula is C14H16N2OS. The fraction of sp³-hybridized carbons (Fsp3) is 0.429. The summed E-state index contributed by atoms with van der Waals surface area (Å²) in [6.45, 7) is 0. The summed E-state index contributed by atoms with van der Waals surface area (Å²) < 4.78 is 0. The lowest BCUT2D eigenvalue weighted by Gasteiger charge is -1.95. The van der Waals surface area contributed by atoms with Crippen molar-refractivity contribution in [2.75, 3.05) is 0 Å². The van der Waals surface area contributed by atoms with Crippen LogP contribution in [0.15, 0.2) is 18.5 Å². The molecular weight excluding hydrogens is 244 g/mol. The average molecular weight is 260 g/mol. The topological polar surface area (TPSA) is 45.8 Å². The fourth-order valence-electron chi connectivity index (χ4n) is 2.44. The number of nitrogens with one attached hydrogen (secondary N) is 1. The summed E-state index contributed by atoms with van der Waals surface area (Å²) in [5.41, 5.74) is 1.40. The molecule has 0 atom stereocenters. The van der Waals surface area contributed by atoms with E-state index < -0.39 is 0 Å². The molecule has 0 aliphatic heterocycles. The third kappa shape index (κ3) is 2.38. The van der Waals surface area contributed by atoms with Gasteiger partial charge in [-0.3, -0.25) is 4.79 Å². The Labute approximate surface area is 110 Å². The number of nitrogens with zero attached hydrogens (tertiary/aromatic N) is 1. The van der Waals surface area contributed by atoms with Crippen LogP contribution in [0.5, 0.6) is 0 Å². The molecule has 2 aromatic rings. The lowest BCUT2D eigenvalue weighted by molar-refractivity contribution is 0.0995. The Kier molecular flexibility index (Phi) is 3.28. The number of H-pyrrole nitrogens is 1. The highest BCUT2D eigenvalue weighted by Crippen LogP contribution is 2.29. The number of hydrogen-bond acceptors (Lipinski definition) is 3. The molecule has 1 N–H and O–H groups in total. The molecule has 0 bridgehead atoms. The second-order valence-corrected chi connectivity index (χ2v) is 5.89. The van der Waals surface area contributed by atoms with E-state index in [-0.39, 0.29) is 5.78 Å². The largest absolute Gasteiger partial charge is 0.348 e. The van der Waals surface area contributed by atoms with Gasteiger partial charge in [-0.25, -0.2) is 4.98 Å². The van der Waals surface area contributed by atoms with Crippen molar-refractivity contribution in [1.29, 1.82) is 0 Å². The van der Waals surface area contributed by atoms with Crippen molar-refractivity contribution < 1.29 is 4.79 Å². The minimum atomic E-state index is 0.183. The van der Waals surface area contributed by atoms with Crippen LogP contribution in [0.4, 0.5) is 0 Å². The Morgan fingerprint density at radius 1 is 1.33 bits per heavy atom. The smallest absolute Gasteiger partial charge is 0.180 e. The quantitative estimate of drug-likeness (QED) is 0.680. The van der Waals surface area contributed by atoms with Gasteiger partial charge in [-0.15, -0.1) is 11.3 Å². The number of rotatable bonds is 3. The molecule has 1 aliphatic carbocycles. The van der Waals surface area contributed by atoms with Gasteiger partial charge in [-0.05, 0) is 37.3 Å². The number of fused-ring (bicyclic) bond motifs is 1. The zero-order chi connectivity index (χ0) is 12.4. The number of aryl methyl sites for hydroxylation is 2. The monoisotopic (exact) mass is 260 g/mol. The lowest BCUT2D eigenvalue weighted by Crippen LogP contribution is -2.02. The molecule has 0 saturated heterocycles. The first-order valence-corrected chi connectivity index (χ1v) is 7.27. The molecule has 2 aromatic heterocycles. The van der Waals surface area contributed by atoms with Crippen LogP contribution in [0, 0.1) is 0 Å². The van der Waals surface area contributed by atoms with E-state index in [1.807, 2.05) is 0 Å². The highest BCUT2D eigenvalue weighted by atomic mass is 32.1. The number of hydrogen-bond donors (Lipinski definition) is 1.